The Hall–Kier alpha value is -2.59. The van der Waals surface area contributed by atoms with Gasteiger partial charge in [0.25, 0.3) is 0 Å². The average molecular weight is 1130 g/mol. The van der Waals surface area contributed by atoms with E-state index >= 15 is 0 Å². The van der Waals surface area contributed by atoms with Crippen molar-refractivity contribution in [2.75, 3.05) is 35.0 Å². The van der Waals surface area contributed by atoms with Gasteiger partial charge >= 0.3 is 5.97 Å². The van der Waals surface area contributed by atoms with Crippen LogP contribution in [0.2, 0.25) is 0 Å². The SMILES string of the molecule is COC[C@@H](C[C@H]1O[C@@](O)([C@H](O)[C@@H]2C[C@H](OC)[C@@H](O)CC/C=C(C)/C=C/[C@@H](O[C@@H]3O[C@@H](C)[C@H](OC)[C@@H](O)[C@@H]3O)[C@H](C)/C=C(C)/C=C(C)/C=C(\C)C(=O)O2)[C@H](C)[C@@H](O)[C@H]1C)OC1C[C@](C)(O)[C@@H](O[C@H]2C[C@@H](OC)[C@H](O)[C@@H](C)O2)[C@H](C)O1. The van der Waals surface area contributed by atoms with Gasteiger partial charge in [-0.3, -0.25) is 0 Å². The molecule has 0 spiro atoms. The molecule has 21 heteroatoms. The molecule has 0 radical (unpaired) electrons. The van der Waals surface area contributed by atoms with Gasteiger partial charge in [-0.25, -0.2) is 4.79 Å². The molecule has 5 aliphatic heterocycles. The van der Waals surface area contributed by atoms with E-state index in [1.54, 1.807) is 54.5 Å². The number of carbonyl (C=O) groups is 1. The molecule has 21 nitrogen and oxygen atoms in total. The van der Waals surface area contributed by atoms with Crippen LogP contribution in [0.3, 0.4) is 0 Å². The smallest absolute Gasteiger partial charge is 0.334 e. The van der Waals surface area contributed by atoms with Gasteiger partial charge in [0, 0.05) is 77.4 Å². The molecule has 0 saturated carbocycles. The summed E-state index contributed by atoms with van der Waals surface area (Å²) in [7, 11) is 5.80. The number of cyclic esters (lactones) is 1. The maximum atomic E-state index is 14.1. The van der Waals surface area contributed by atoms with Crippen LogP contribution in [-0.4, -0.2) is 216 Å². The van der Waals surface area contributed by atoms with Crippen molar-refractivity contribution in [3.8, 4) is 0 Å². The number of aliphatic hydroxyl groups is 8. The summed E-state index contributed by atoms with van der Waals surface area (Å²) < 4.78 is 72.0. The van der Waals surface area contributed by atoms with Crippen molar-refractivity contribution in [2.24, 2.45) is 17.8 Å². The van der Waals surface area contributed by atoms with Crippen LogP contribution in [0, 0.1) is 17.8 Å². The summed E-state index contributed by atoms with van der Waals surface area (Å²) >= 11 is 0. The minimum atomic E-state index is -2.54. The highest BCUT2D eigenvalue weighted by Gasteiger charge is 2.57. The van der Waals surface area contributed by atoms with E-state index in [1.165, 1.54) is 35.4 Å². The van der Waals surface area contributed by atoms with Gasteiger partial charge in [-0.2, -0.15) is 0 Å². The molecule has 1 unspecified atom stereocenters. The predicted octanol–water partition coefficient (Wildman–Crippen LogP) is 3.59. The summed E-state index contributed by atoms with van der Waals surface area (Å²) in [4.78, 5) is 14.1. The number of ether oxygens (including phenoxy) is 12. The fourth-order valence-electron chi connectivity index (χ4n) is 11.6. The number of esters is 1. The lowest BCUT2D eigenvalue weighted by Gasteiger charge is -2.51. The minimum absolute atomic E-state index is 0.00743. The quantitative estimate of drug-likeness (QED) is 0.109. The first-order valence-electron chi connectivity index (χ1n) is 27.9. The molecule has 0 aliphatic carbocycles. The van der Waals surface area contributed by atoms with Crippen LogP contribution < -0.4 is 0 Å². The fraction of sp³-hybridized carbons (Fsp3) is 0.810. The first kappa shape index (κ1) is 67.2. The van der Waals surface area contributed by atoms with Crippen molar-refractivity contribution < 1.29 is 102 Å². The number of hydrogen-bond donors (Lipinski definition) is 8. The predicted molar refractivity (Wildman–Crippen MR) is 288 cm³/mol. The largest absolute Gasteiger partial charge is 0.456 e. The van der Waals surface area contributed by atoms with Gasteiger partial charge in [-0.15, -0.1) is 0 Å². The third-order valence-electron chi connectivity index (χ3n) is 16.4. The van der Waals surface area contributed by atoms with E-state index in [4.69, 9.17) is 56.8 Å². The monoisotopic (exact) mass is 1130 g/mol. The Kier molecular flexibility index (Phi) is 25.3. The number of allylic oxidation sites excluding steroid dienone is 7. The third-order valence-corrected chi connectivity index (χ3v) is 16.4. The Morgan fingerprint density at radius 3 is 2.05 bits per heavy atom. The molecule has 0 aromatic carbocycles. The van der Waals surface area contributed by atoms with Crippen molar-refractivity contribution in [3.63, 3.8) is 0 Å². The van der Waals surface area contributed by atoms with Crippen LogP contribution in [0.4, 0.5) is 0 Å². The maximum Gasteiger partial charge on any atom is 0.334 e. The molecule has 5 heterocycles. The molecule has 25 atom stereocenters. The third kappa shape index (κ3) is 17.3. The summed E-state index contributed by atoms with van der Waals surface area (Å²) in [5.41, 5.74) is 0.977. The van der Waals surface area contributed by atoms with E-state index in [2.05, 4.69) is 0 Å². The Bertz CT molecular complexity index is 2080. The molecule has 5 aliphatic rings. The minimum Gasteiger partial charge on any atom is -0.456 e. The van der Waals surface area contributed by atoms with Gasteiger partial charge in [0.2, 0.25) is 5.79 Å². The molecule has 0 amide bonds. The lowest BCUT2D eigenvalue weighted by atomic mass is 9.76. The van der Waals surface area contributed by atoms with Crippen LogP contribution in [0.15, 0.2) is 58.7 Å². The normalized spacial score (nSPS) is 46.7. The Morgan fingerprint density at radius 1 is 0.747 bits per heavy atom. The molecule has 454 valence electrons. The molecule has 4 fully saturated rings. The highest BCUT2D eigenvalue weighted by Crippen LogP contribution is 2.43. The first-order valence-corrected chi connectivity index (χ1v) is 27.9. The summed E-state index contributed by atoms with van der Waals surface area (Å²) in [5, 5.41) is 92.6. The molecule has 4 saturated heterocycles. The van der Waals surface area contributed by atoms with Crippen LogP contribution in [0.5, 0.6) is 0 Å². The van der Waals surface area contributed by atoms with Gasteiger partial charge < -0.3 is 97.7 Å². The van der Waals surface area contributed by atoms with Gasteiger partial charge in [0.15, 0.2) is 18.9 Å². The van der Waals surface area contributed by atoms with Crippen molar-refractivity contribution in [1.82, 2.24) is 0 Å². The van der Waals surface area contributed by atoms with E-state index in [-0.39, 0.29) is 50.2 Å². The van der Waals surface area contributed by atoms with Crippen LogP contribution in [-0.2, 0) is 61.6 Å². The lowest BCUT2D eigenvalue weighted by molar-refractivity contribution is -0.366. The van der Waals surface area contributed by atoms with E-state index in [0.717, 1.165) is 11.1 Å². The van der Waals surface area contributed by atoms with Crippen molar-refractivity contribution in [2.45, 2.75) is 249 Å². The molecule has 5 rings (SSSR count). The summed E-state index contributed by atoms with van der Waals surface area (Å²) in [6, 6.07) is 0. The van der Waals surface area contributed by atoms with Crippen molar-refractivity contribution >= 4 is 5.97 Å². The van der Waals surface area contributed by atoms with Crippen LogP contribution >= 0.6 is 0 Å². The molecule has 0 aromatic heterocycles. The molecular weight excluding hydrogens is 1030 g/mol. The van der Waals surface area contributed by atoms with Gasteiger partial charge in [0.1, 0.15) is 42.7 Å². The average Bonchev–Trinajstić information content (AvgIpc) is 3.46. The van der Waals surface area contributed by atoms with Gasteiger partial charge in [-0.1, -0.05) is 67.9 Å². The second kappa shape index (κ2) is 29.8. The molecule has 8 N–H and O–H groups in total. The van der Waals surface area contributed by atoms with E-state index in [1.807, 2.05) is 51.2 Å². The fourth-order valence-corrected chi connectivity index (χ4v) is 11.6. The number of hydrogen-bond acceptors (Lipinski definition) is 21. The maximum absolute atomic E-state index is 14.1. The zero-order valence-corrected chi connectivity index (χ0v) is 49.1. The number of aliphatic hydroxyl groups excluding tert-OH is 6. The van der Waals surface area contributed by atoms with Crippen LogP contribution in [0.25, 0.3) is 0 Å². The zero-order chi connectivity index (χ0) is 58.8. The highest BCUT2D eigenvalue weighted by molar-refractivity contribution is 5.88. The second-order valence-corrected chi connectivity index (χ2v) is 23.0. The topological polar surface area (TPSA) is 290 Å². The van der Waals surface area contributed by atoms with E-state index < -0.39 is 152 Å². The Balaban J connectivity index is 1.37. The van der Waals surface area contributed by atoms with Crippen LogP contribution in [0.1, 0.15) is 115 Å². The van der Waals surface area contributed by atoms with Gasteiger partial charge in [-0.05, 0) is 74.3 Å². The molecular formula is C58H96O21. The molecule has 0 bridgehead atoms. The van der Waals surface area contributed by atoms with E-state index in [9.17, 15) is 45.6 Å². The standard InChI is InChI=1S/C58H96O21/c1-29-17-16-18-40(59)43(69-13)25-45(76-55(65)33(5)23-31(3)21-30(2)22-32(4)41(20-19-29)77-56-51(63)50(62)52(71-15)37(9)74-56)53(64)58(67)35(7)48(60)34(6)42(79-58)24-39(28-68-12)75-47-27-57(11,66)54(38(10)73-47)78-46-26-44(70-14)49(61)36(8)72-46/h17,19-23,32,34-54,56,59-64,66-67H,16,18,24-28H2,1-15H3/b20-19+,29-17+,30-22+,31-21+,33-23+/t32-,34+,35-,36-,37+,38+,39-,40+,41-,42-,43+,44-,45+,46+,47?,48+,49-,50+,51+,52+,53-,54+,56+,57+,58-/m1/s1. The Morgan fingerprint density at radius 2 is 1.42 bits per heavy atom. The molecule has 79 heavy (non-hydrogen) atoms. The summed E-state index contributed by atoms with van der Waals surface area (Å²) in [6.45, 7) is 19.1. The summed E-state index contributed by atoms with van der Waals surface area (Å²) in [5.74, 6) is -5.45. The summed E-state index contributed by atoms with van der Waals surface area (Å²) in [6.07, 6.45) is -8.27. The number of methoxy groups -OCH3 is 4. The Labute approximate surface area is 467 Å². The first-order chi connectivity index (χ1) is 37.1. The number of rotatable bonds is 15. The number of carbonyl (C=O) groups excluding carboxylic acids is 1. The second-order valence-electron chi connectivity index (χ2n) is 23.0. The van der Waals surface area contributed by atoms with E-state index in [0.29, 0.717) is 12.0 Å². The molecule has 0 aromatic rings. The van der Waals surface area contributed by atoms with Crippen molar-refractivity contribution in [3.05, 3.63) is 58.7 Å². The van der Waals surface area contributed by atoms with Crippen molar-refractivity contribution in [1.29, 1.82) is 0 Å². The lowest BCUT2D eigenvalue weighted by Crippen LogP contribution is -2.66. The van der Waals surface area contributed by atoms with Gasteiger partial charge in [0.05, 0.1) is 73.2 Å². The highest BCUT2D eigenvalue weighted by atomic mass is 16.7. The zero-order valence-electron chi connectivity index (χ0n) is 49.1.